The largest absolute Gasteiger partial charge is 0.455 e. The summed E-state index contributed by atoms with van der Waals surface area (Å²) >= 11 is 9.43. The second-order valence-corrected chi connectivity index (χ2v) is 5.56. The Morgan fingerprint density at radius 1 is 1.26 bits per heavy atom. The Bertz CT molecular complexity index is 754. The van der Waals surface area contributed by atoms with Crippen LogP contribution in [0.2, 0.25) is 5.02 Å². The molecule has 0 atom stereocenters. The van der Waals surface area contributed by atoms with Crippen molar-refractivity contribution in [3.05, 3.63) is 52.1 Å². The summed E-state index contributed by atoms with van der Waals surface area (Å²) in [6.45, 7) is 0. The molecule has 0 aliphatic heterocycles. The molecule has 0 fully saturated rings. The predicted octanol–water partition coefficient (Wildman–Crippen LogP) is 4.78. The van der Waals surface area contributed by atoms with E-state index >= 15 is 0 Å². The van der Waals surface area contributed by atoms with Crippen molar-refractivity contribution < 1.29 is 4.74 Å². The van der Waals surface area contributed by atoms with Gasteiger partial charge in [0.25, 0.3) is 0 Å². The van der Waals surface area contributed by atoms with E-state index in [0.29, 0.717) is 16.5 Å². The molecule has 0 radical (unpaired) electrons. The summed E-state index contributed by atoms with van der Waals surface area (Å²) in [6.07, 6.45) is 1.95. The Hall–Kier alpha value is -1.52. The van der Waals surface area contributed by atoms with E-state index in [1.807, 2.05) is 43.6 Å². The standard InChI is InChI=1S/C14H10BrClN2O/c1-18-8-9-5-10(15)6-13(14(9)17-18)19-12-4-2-3-11(16)7-12/h2-8H,1H3. The van der Waals surface area contributed by atoms with E-state index in [4.69, 9.17) is 16.3 Å². The van der Waals surface area contributed by atoms with Gasteiger partial charge >= 0.3 is 0 Å². The molecule has 19 heavy (non-hydrogen) atoms. The van der Waals surface area contributed by atoms with Crippen LogP contribution in [-0.4, -0.2) is 9.78 Å². The molecule has 0 aliphatic carbocycles. The molecule has 0 spiro atoms. The van der Waals surface area contributed by atoms with E-state index in [9.17, 15) is 0 Å². The lowest BCUT2D eigenvalue weighted by Crippen LogP contribution is -1.88. The maximum Gasteiger partial charge on any atom is 0.156 e. The van der Waals surface area contributed by atoms with Crippen LogP contribution in [0, 0.1) is 0 Å². The summed E-state index contributed by atoms with van der Waals surface area (Å²) in [5.41, 5.74) is 0.825. The summed E-state index contributed by atoms with van der Waals surface area (Å²) in [5, 5.41) is 6.08. The lowest BCUT2D eigenvalue weighted by atomic mass is 10.2. The maximum atomic E-state index is 5.96. The van der Waals surface area contributed by atoms with Gasteiger partial charge in [-0.2, -0.15) is 5.10 Å². The zero-order chi connectivity index (χ0) is 13.4. The lowest BCUT2D eigenvalue weighted by Gasteiger charge is -2.07. The van der Waals surface area contributed by atoms with Gasteiger partial charge in [0.15, 0.2) is 5.75 Å². The zero-order valence-corrected chi connectivity index (χ0v) is 12.4. The molecule has 0 N–H and O–H groups in total. The second-order valence-electron chi connectivity index (χ2n) is 4.20. The van der Waals surface area contributed by atoms with Crippen molar-refractivity contribution in [2.24, 2.45) is 7.05 Å². The topological polar surface area (TPSA) is 27.1 Å². The number of halogens is 2. The summed E-state index contributed by atoms with van der Waals surface area (Å²) in [5.74, 6) is 1.39. The Balaban J connectivity index is 2.09. The summed E-state index contributed by atoms with van der Waals surface area (Å²) in [7, 11) is 1.89. The van der Waals surface area contributed by atoms with Gasteiger partial charge in [-0.3, -0.25) is 4.68 Å². The number of aromatic nitrogens is 2. The molecular formula is C14H10BrClN2O. The molecule has 1 aromatic heterocycles. The minimum absolute atomic E-state index is 0.643. The van der Waals surface area contributed by atoms with E-state index in [1.54, 1.807) is 10.7 Å². The van der Waals surface area contributed by atoms with Gasteiger partial charge < -0.3 is 4.74 Å². The highest BCUT2D eigenvalue weighted by atomic mass is 79.9. The number of benzene rings is 2. The third kappa shape index (κ3) is 2.60. The van der Waals surface area contributed by atoms with Gasteiger partial charge in [0, 0.05) is 28.1 Å². The summed E-state index contributed by atoms with van der Waals surface area (Å²) in [6, 6.07) is 11.2. The number of hydrogen-bond donors (Lipinski definition) is 0. The normalized spacial score (nSPS) is 10.9. The Labute approximate surface area is 123 Å². The van der Waals surface area contributed by atoms with E-state index in [-0.39, 0.29) is 0 Å². The number of rotatable bonds is 2. The molecule has 0 saturated carbocycles. The van der Waals surface area contributed by atoms with E-state index in [1.165, 1.54) is 0 Å². The smallest absolute Gasteiger partial charge is 0.156 e. The van der Waals surface area contributed by atoms with Gasteiger partial charge in [0.2, 0.25) is 0 Å². The highest BCUT2D eigenvalue weighted by molar-refractivity contribution is 9.10. The van der Waals surface area contributed by atoms with Gasteiger partial charge in [0.1, 0.15) is 11.3 Å². The third-order valence-electron chi connectivity index (χ3n) is 2.68. The van der Waals surface area contributed by atoms with Gasteiger partial charge in [0.05, 0.1) is 0 Å². The zero-order valence-electron chi connectivity index (χ0n) is 10.1. The molecule has 0 aliphatic rings. The maximum absolute atomic E-state index is 5.96. The number of hydrogen-bond acceptors (Lipinski definition) is 2. The Morgan fingerprint density at radius 2 is 2.11 bits per heavy atom. The molecule has 0 saturated heterocycles. The van der Waals surface area contributed by atoms with Crippen LogP contribution in [0.5, 0.6) is 11.5 Å². The number of fused-ring (bicyclic) bond motifs is 1. The van der Waals surface area contributed by atoms with Gasteiger partial charge in [-0.15, -0.1) is 0 Å². The highest BCUT2D eigenvalue weighted by Gasteiger charge is 2.09. The van der Waals surface area contributed by atoms with Crippen molar-refractivity contribution in [2.45, 2.75) is 0 Å². The first-order chi connectivity index (χ1) is 9.11. The molecule has 0 unspecified atom stereocenters. The van der Waals surface area contributed by atoms with Crippen LogP contribution in [-0.2, 0) is 7.05 Å². The molecule has 96 valence electrons. The summed E-state index contributed by atoms with van der Waals surface area (Å²) < 4.78 is 8.59. The SMILES string of the molecule is Cn1cc2cc(Br)cc(Oc3cccc(Cl)c3)c2n1. The number of nitrogens with zero attached hydrogens (tertiary/aromatic N) is 2. The van der Waals surface area contributed by atoms with Crippen LogP contribution in [0.3, 0.4) is 0 Å². The number of ether oxygens (including phenoxy) is 1. The lowest BCUT2D eigenvalue weighted by molar-refractivity contribution is 0.486. The van der Waals surface area contributed by atoms with Crippen LogP contribution in [0.15, 0.2) is 47.1 Å². The quantitative estimate of drug-likeness (QED) is 0.673. The molecule has 3 nitrogen and oxygen atoms in total. The average molecular weight is 338 g/mol. The molecular weight excluding hydrogens is 328 g/mol. The van der Waals surface area contributed by atoms with Gasteiger partial charge in [-0.25, -0.2) is 0 Å². The molecule has 0 amide bonds. The van der Waals surface area contributed by atoms with E-state index in [2.05, 4.69) is 21.0 Å². The van der Waals surface area contributed by atoms with E-state index in [0.717, 1.165) is 15.4 Å². The van der Waals surface area contributed by atoms with Crippen LogP contribution < -0.4 is 4.74 Å². The fourth-order valence-electron chi connectivity index (χ4n) is 1.92. The van der Waals surface area contributed by atoms with Crippen molar-refractivity contribution >= 4 is 38.4 Å². The molecule has 3 rings (SSSR count). The van der Waals surface area contributed by atoms with Crippen molar-refractivity contribution in [1.29, 1.82) is 0 Å². The third-order valence-corrected chi connectivity index (χ3v) is 3.37. The molecule has 5 heteroatoms. The van der Waals surface area contributed by atoms with Crippen molar-refractivity contribution in [2.75, 3.05) is 0 Å². The Morgan fingerprint density at radius 3 is 2.89 bits per heavy atom. The minimum Gasteiger partial charge on any atom is -0.455 e. The van der Waals surface area contributed by atoms with Crippen LogP contribution >= 0.6 is 27.5 Å². The second kappa shape index (κ2) is 4.87. The predicted molar refractivity (Wildman–Crippen MR) is 79.9 cm³/mol. The number of aryl methyl sites for hydroxylation is 1. The van der Waals surface area contributed by atoms with Crippen LogP contribution in [0.1, 0.15) is 0 Å². The van der Waals surface area contributed by atoms with Crippen molar-refractivity contribution in [3.63, 3.8) is 0 Å². The molecule has 2 aromatic carbocycles. The van der Waals surface area contributed by atoms with Crippen LogP contribution in [0.25, 0.3) is 10.9 Å². The first kappa shape index (κ1) is 12.5. The fourth-order valence-corrected chi connectivity index (χ4v) is 2.56. The average Bonchev–Trinajstić information content (AvgIpc) is 2.69. The minimum atomic E-state index is 0.643. The molecule has 3 aromatic rings. The highest BCUT2D eigenvalue weighted by Crippen LogP contribution is 2.33. The van der Waals surface area contributed by atoms with Crippen molar-refractivity contribution in [3.8, 4) is 11.5 Å². The van der Waals surface area contributed by atoms with Crippen molar-refractivity contribution in [1.82, 2.24) is 9.78 Å². The molecule has 0 bridgehead atoms. The van der Waals surface area contributed by atoms with Crippen LogP contribution in [0.4, 0.5) is 0 Å². The Kier molecular flexibility index (Phi) is 3.21. The monoisotopic (exact) mass is 336 g/mol. The molecule has 1 heterocycles. The van der Waals surface area contributed by atoms with Gasteiger partial charge in [-0.05, 0) is 30.3 Å². The first-order valence-electron chi connectivity index (χ1n) is 5.68. The van der Waals surface area contributed by atoms with E-state index < -0.39 is 0 Å². The summed E-state index contributed by atoms with van der Waals surface area (Å²) in [4.78, 5) is 0. The first-order valence-corrected chi connectivity index (χ1v) is 6.85. The van der Waals surface area contributed by atoms with Gasteiger partial charge in [-0.1, -0.05) is 33.6 Å². The fraction of sp³-hybridized carbons (Fsp3) is 0.0714.